The third kappa shape index (κ3) is 2.66. The summed E-state index contributed by atoms with van der Waals surface area (Å²) in [5.41, 5.74) is 7.48. The average Bonchev–Trinajstić information content (AvgIpc) is 3.16. The minimum Gasteiger partial charge on any atom is -0.497 e. The van der Waals surface area contributed by atoms with Gasteiger partial charge < -0.3 is 9.30 Å². The Bertz CT molecular complexity index is 1590. The first-order valence-corrected chi connectivity index (χ1v) is 10.9. The van der Waals surface area contributed by atoms with E-state index in [1.54, 1.807) is 7.11 Å². The van der Waals surface area contributed by atoms with E-state index in [-0.39, 0.29) is 0 Å². The fourth-order valence-electron chi connectivity index (χ4n) is 5.08. The summed E-state index contributed by atoms with van der Waals surface area (Å²) < 4.78 is 7.78. The summed E-state index contributed by atoms with van der Waals surface area (Å²) in [4.78, 5) is 0. The maximum Gasteiger partial charge on any atom is 0.118 e. The predicted octanol–water partition coefficient (Wildman–Crippen LogP) is 7.83. The van der Waals surface area contributed by atoms with Crippen molar-refractivity contribution < 1.29 is 4.74 Å². The molecular formula is C30H23NO. The largest absolute Gasteiger partial charge is 0.497 e. The van der Waals surface area contributed by atoms with Crippen molar-refractivity contribution in [2.45, 2.75) is 0 Å². The summed E-state index contributed by atoms with van der Waals surface area (Å²) in [5, 5.41) is 5.12. The van der Waals surface area contributed by atoms with Gasteiger partial charge in [0.25, 0.3) is 0 Å². The van der Waals surface area contributed by atoms with Crippen molar-refractivity contribution in [1.29, 1.82) is 0 Å². The highest BCUT2D eigenvalue weighted by Gasteiger charge is 2.22. The number of nitrogens with zero attached hydrogens (tertiary/aromatic N) is 1. The van der Waals surface area contributed by atoms with E-state index in [1.165, 1.54) is 54.8 Å². The van der Waals surface area contributed by atoms with Crippen LogP contribution in [0.4, 0.5) is 0 Å². The summed E-state index contributed by atoms with van der Waals surface area (Å²) in [6.07, 6.45) is 0. The fraction of sp³-hybridized carbons (Fsp3) is 0.0667. The first kappa shape index (κ1) is 18.7. The lowest BCUT2D eigenvalue weighted by Gasteiger charge is -2.18. The molecule has 154 valence electrons. The van der Waals surface area contributed by atoms with Gasteiger partial charge in [-0.1, -0.05) is 84.9 Å². The van der Waals surface area contributed by atoms with Crippen LogP contribution < -0.4 is 4.74 Å². The molecule has 0 aliphatic rings. The van der Waals surface area contributed by atoms with Crippen LogP contribution in [0, 0.1) is 0 Å². The van der Waals surface area contributed by atoms with Crippen LogP contribution in [0.5, 0.6) is 5.75 Å². The zero-order valence-electron chi connectivity index (χ0n) is 18.2. The zero-order valence-corrected chi connectivity index (χ0v) is 18.2. The van der Waals surface area contributed by atoms with E-state index in [1.807, 2.05) is 12.1 Å². The van der Waals surface area contributed by atoms with Crippen LogP contribution in [0.1, 0.15) is 0 Å². The molecule has 0 fully saturated rings. The molecule has 0 spiro atoms. The summed E-state index contributed by atoms with van der Waals surface area (Å²) in [6, 6.07) is 36.7. The van der Waals surface area contributed by atoms with Gasteiger partial charge in [0, 0.05) is 34.3 Å². The van der Waals surface area contributed by atoms with Gasteiger partial charge in [-0.05, 0) is 40.3 Å². The summed E-state index contributed by atoms with van der Waals surface area (Å²) in [7, 11) is 3.89. The summed E-state index contributed by atoms with van der Waals surface area (Å²) in [6.45, 7) is 0. The second-order valence-corrected chi connectivity index (χ2v) is 8.19. The molecule has 0 saturated heterocycles. The number of aromatic nitrogens is 1. The number of methoxy groups -OCH3 is 1. The minimum atomic E-state index is 0.866. The molecule has 1 heterocycles. The molecule has 32 heavy (non-hydrogen) atoms. The number of fused-ring (bicyclic) bond motifs is 5. The predicted molar refractivity (Wildman–Crippen MR) is 135 cm³/mol. The number of hydrogen-bond acceptors (Lipinski definition) is 1. The van der Waals surface area contributed by atoms with E-state index in [9.17, 15) is 0 Å². The first-order chi connectivity index (χ1) is 15.8. The zero-order chi connectivity index (χ0) is 21.7. The van der Waals surface area contributed by atoms with E-state index < -0.39 is 0 Å². The molecule has 0 radical (unpaired) electrons. The third-order valence-electron chi connectivity index (χ3n) is 6.50. The normalized spacial score (nSPS) is 11.4. The molecular weight excluding hydrogens is 390 g/mol. The highest BCUT2D eigenvalue weighted by atomic mass is 16.5. The Hall–Kier alpha value is -4.04. The lowest BCUT2D eigenvalue weighted by Crippen LogP contribution is -1.93. The summed E-state index contributed by atoms with van der Waals surface area (Å²) in [5.74, 6) is 0.866. The Labute approximate surface area is 187 Å². The number of aryl methyl sites for hydroxylation is 1. The molecule has 5 aromatic carbocycles. The van der Waals surface area contributed by atoms with Gasteiger partial charge >= 0.3 is 0 Å². The fourth-order valence-corrected chi connectivity index (χ4v) is 5.08. The van der Waals surface area contributed by atoms with Gasteiger partial charge in [-0.15, -0.1) is 0 Å². The van der Waals surface area contributed by atoms with Gasteiger partial charge in [0.2, 0.25) is 0 Å². The Kier molecular flexibility index (Phi) is 4.26. The van der Waals surface area contributed by atoms with Crippen molar-refractivity contribution >= 4 is 32.6 Å². The van der Waals surface area contributed by atoms with E-state index in [0.717, 1.165) is 5.75 Å². The van der Waals surface area contributed by atoms with Crippen molar-refractivity contribution in [3.63, 3.8) is 0 Å². The van der Waals surface area contributed by atoms with Crippen molar-refractivity contribution in [2.24, 2.45) is 7.05 Å². The standard InChI is InChI=1S/C30H23NO/c1-31-26-15-9-8-14-25(26)29-28(20-10-4-3-5-11-20)27(21-16-18-22(32-2)19-17-21)23-12-6-7-13-24(23)30(29)31/h3-19H,1-2H3. The van der Waals surface area contributed by atoms with E-state index in [2.05, 4.69) is 103 Å². The second-order valence-electron chi connectivity index (χ2n) is 8.19. The molecule has 0 amide bonds. The molecule has 0 atom stereocenters. The Balaban J connectivity index is 1.90. The van der Waals surface area contributed by atoms with Gasteiger partial charge in [-0.25, -0.2) is 0 Å². The van der Waals surface area contributed by atoms with Crippen LogP contribution in [0.3, 0.4) is 0 Å². The molecule has 0 aliphatic heterocycles. The highest BCUT2D eigenvalue weighted by molar-refractivity contribution is 6.28. The Morgan fingerprint density at radius 2 is 1.16 bits per heavy atom. The molecule has 6 rings (SSSR count). The van der Waals surface area contributed by atoms with Gasteiger partial charge in [0.15, 0.2) is 0 Å². The van der Waals surface area contributed by atoms with E-state index >= 15 is 0 Å². The van der Waals surface area contributed by atoms with Crippen molar-refractivity contribution in [1.82, 2.24) is 4.57 Å². The number of ether oxygens (including phenoxy) is 1. The van der Waals surface area contributed by atoms with Crippen molar-refractivity contribution in [2.75, 3.05) is 7.11 Å². The Morgan fingerprint density at radius 3 is 1.88 bits per heavy atom. The van der Waals surface area contributed by atoms with Gasteiger partial charge in [0.1, 0.15) is 5.75 Å². The maximum atomic E-state index is 5.44. The van der Waals surface area contributed by atoms with Crippen molar-refractivity contribution in [3.8, 4) is 28.0 Å². The third-order valence-corrected chi connectivity index (χ3v) is 6.50. The minimum absolute atomic E-state index is 0.866. The van der Waals surface area contributed by atoms with Gasteiger partial charge in [-0.2, -0.15) is 0 Å². The second kappa shape index (κ2) is 7.28. The first-order valence-electron chi connectivity index (χ1n) is 10.9. The smallest absolute Gasteiger partial charge is 0.118 e. The lowest BCUT2D eigenvalue weighted by molar-refractivity contribution is 0.415. The number of para-hydroxylation sites is 1. The Morgan fingerprint density at radius 1 is 0.562 bits per heavy atom. The SMILES string of the molecule is COc1ccc(-c2c(-c3ccccc3)c3c4ccccc4n(C)c3c3ccccc23)cc1. The molecule has 0 saturated carbocycles. The molecule has 6 aromatic rings. The molecule has 0 bridgehead atoms. The average molecular weight is 414 g/mol. The van der Waals surface area contributed by atoms with Crippen LogP contribution >= 0.6 is 0 Å². The molecule has 0 N–H and O–H groups in total. The van der Waals surface area contributed by atoms with Gasteiger partial charge in [-0.3, -0.25) is 0 Å². The summed E-state index contributed by atoms with van der Waals surface area (Å²) >= 11 is 0. The van der Waals surface area contributed by atoms with Crippen LogP contribution in [-0.4, -0.2) is 11.7 Å². The quantitative estimate of drug-likeness (QED) is 0.288. The van der Waals surface area contributed by atoms with Crippen molar-refractivity contribution in [3.05, 3.63) is 103 Å². The molecule has 2 heteroatoms. The number of rotatable bonds is 3. The van der Waals surface area contributed by atoms with E-state index in [0.29, 0.717) is 0 Å². The van der Waals surface area contributed by atoms with Crippen LogP contribution in [-0.2, 0) is 7.05 Å². The molecule has 0 aliphatic carbocycles. The topological polar surface area (TPSA) is 14.2 Å². The molecule has 0 unspecified atom stereocenters. The highest BCUT2D eigenvalue weighted by Crippen LogP contribution is 2.47. The number of benzene rings is 5. The number of hydrogen-bond donors (Lipinski definition) is 0. The van der Waals surface area contributed by atoms with Crippen LogP contribution in [0.15, 0.2) is 103 Å². The van der Waals surface area contributed by atoms with Gasteiger partial charge in [0.05, 0.1) is 12.6 Å². The molecule has 1 aromatic heterocycles. The molecule has 2 nitrogen and oxygen atoms in total. The van der Waals surface area contributed by atoms with Crippen LogP contribution in [0.25, 0.3) is 54.8 Å². The van der Waals surface area contributed by atoms with E-state index in [4.69, 9.17) is 4.74 Å². The maximum absolute atomic E-state index is 5.44. The lowest BCUT2D eigenvalue weighted by atomic mass is 9.86. The van der Waals surface area contributed by atoms with Crippen LogP contribution in [0.2, 0.25) is 0 Å². The monoisotopic (exact) mass is 413 g/mol.